The molecule has 1 aromatic carbocycles. The Labute approximate surface area is 250 Å². The van der Waals surface area contributed by atoms with Gasteiger partial charge in [-0.05, 0) is 52.4 Å². The van der Waals surface area contributed by atoms with Crippen molar-refractivity contribution in [2.45, 2.75) is 48.7 Å². The number of rotatable bonds is 5. The molecule has 0 bridgehead atoms. The Morgan fingerprint density at radius 3 is 2.36 bits per heavy atom. The highest BCUT2D eigenvalue weighted by Gasteiger charge is 2.74. The van der Waals surface area contributed by atoms with E-state index in [1.807, 2.05) is 0 Å². The molecule has 0 spiro atoms. The van der Waals surface area contributed by atoms with Crippen LogP contribution in [0, 0.1) is 30.6 Å². The lowest BCUT2D eigenvalue weighted by molar-refractivity contribution is -0.139. The number of primary amides is 1. The van der Waals surface area contributed by atoms with Gasteiger partial charge in [-0.2, -0.15) is 5.26 Å². The third-order valence-corrected chi connectivity index (χ3v) is 10.2. The van der Waals surface area contributed by atoms with Gasteiger partial charge in [0.25, 0.3) is 15.9 Å². The molecule has 16 nitrogen and oxygen atoms in total. The van der Waals surface area contributed by atoms with Gasteiger partial charge in [0.05, 0.1) is 40.0 Å². The molecule has 1 aromatic heterocycles. The van der Waals surface area contributed by atoms with E-state index in [1.165, 1.54) is 45.0 Å². The van der Waals surface area contributed by atoms with Crippen LogP contribution in [0.3, 0.4) is 0 Å². The summed E-state index contributed by atoms with van der Waals surface area (Å²) < 4.78 is 33.4. The number of carbonyl (C=O) groups excluding carboxylic acids is 3. The van der Waals surface area contributed by atoms with E-state index in [0.29, 0.717) is 0 Å². The van der Waals surface area contributed by atoms with Crippen LogP contribution >= 0.6 is 0 Å². The molecule has 17 heteroatoms. The van der Waals surface area contributed by atoms with E-state index < -0.39 is 84.9 Å². The SMILES string of the molecule is Cc1noc(C)c1S(=O)(=O)Nc1ccc2c(c1O)C(O)=C1C(=O)[C@]3(C#N)C(O)=C(C(N)=O)C(=O)[C@@H](N(C)C)[C@]3(N)C[C@]1(N)C2. The number of carbonyl (C=O) groups is 3. The number of sulfonamides is 1. The van der Waals surface area contributed by atoms with Crippen molar-refractivity contribution in [2.24, 2.45) is 22.6 Å². The molecular weight excluding hydrogens is 598 g/mol. The number of phenolic OH excluding ortho intramolecular Hbond substituents is 1. The van der Waals surface area contributed by atoms with E-state index in [-0.39, 0.29) is 39.6 Å². The van der Waals surface area contributed by atoms with Crippen molar-refractivity contribution in [1.29, 1.82) is 5.26 Å². The standard InChI is InChI=1S/C27H29N7O9S/c1-10-20(11(2)43-32-10)44(41,42)33-13-6-5-12-7-25(30)8-27(31)21(34(3)4)19(37)15(24(29)40)22(38)26(27,9-28)23(39)16(25)18(36)14(12)17(13)35/h5-6,21,33,35-36,38H,7-8,30-31H2,1-4H3,(H2,29,40)/t21-,25-,26+,27-/m1/s1. The van der Waals surface area contributed by atoms with Gasteiger partial charge in [-0.25, -0.2) is 8.42 Å². The number of Topliss-reactive ketones (excluding diaryl/α,β-unsaturated/α-hetero) is 2. The van der Waals surface area contributed by atoms with Crippen molar-refractivity contribution in [3.05, 3.63) is 51.6 Å². The molecule has 5 rings (SSSR count). The second-order valence-electron chi connectivity index (χ2n) is 11.5. The fourth-order valence-corrected chi connectivity index (χ4v) is 8.35. The van der Waals surface area contributed by atoms with Crippen LogP contribution in [0.15, 0.2) is 38.5 Å². The Morgan fingerprint density at radius 1 is 1.20 bits per heavy atom. The summed E-state index contributed by atoms with van der Waals surface area (Å²) in [7, 11) is -1.53. The number of nitriles is 1. The number of aromatic nitrogens is 1. The predicted octanol–water partition coefficient (Wildman–Crippen LogP) is -0.689. The highest BCUT2D eigenvalue weighted by molar-refractivity contribution is 7.92. The van der Waals surface area contributed by atoms with Crippen molar-refractivity contribution in [3.63, 3.8) is 0 Å². The number of hydrogen-bond acceptors (Lipinski definition) is 14. The maximum Gasteiger partial charge on any atom is 0.267 e. The zero-order chi connectivity index (χ0) is 32.9. The van der Waals surface area contributed by atoms with Gasteiger partial charge >= 0.3 is 0 Å². The molecule has 0 unspecified atom stereocenters. The molecule has 0 saturated heterocycles. The summed E-state index contributed by atoms with van der Waals surface area (Å²) in [6.07, 6.45) is -0.816. The van der Waals surface area contributed by atoms with E-state index in [4.69, 9.17) is 21.7 Å². The van der Waals surface area contributed by atoms with Crippen LogP contribution in [-0.2, 0) is 30.8 Å². The zero-order valence-corrected chi connectivity index (χ0v) is 24.7. The van der Waals surface area contributed by atoms with Crippen LogP contribution in [0.1, 0.15) is 29.0 Å². The van der Waals surface area contributed by atoms with Crippen molar-refractivity contribution >= 4 is 38.9 Å². The number of likely N-dealkylation sites (N-methyl/N-ethyl adjacent to an activating group) is 1. The number of amides is 1. The predicted molar refractivity (Wildman–Crippen MR) is 151 cm³/mol. The lowest BCUT2D eigenvalue weighted by Crippen LogP contribution is -2.80. The van der Waals surface area contributed by atoms with E-state index in [0.717, 1.165) is 0 Å². The fraction of sp³-hybridized carbons (Fsp3) is 0.370. The Morgan fingerprint density at radius 2 is 1.84 bits per heavy atom. The first-order valence-electron chi connectivity index (χ1n) is 13.0. The number of benzene rings is 1. The second-order valence-corrected chi connectivity index (χ2v) is 13.2. The fourth-order valence-electron chi connectivity index (χ4n) is 6.95. The van der Waals surface area contributed by atoms with Crippen LogP contribution in [0.2, 0.25) is 0 Å². The van der Waals surface area contributed by atoms with Crippen molar-refractivity contribution in [1.82, 2.24) is 10.1 Å². The molecule has 3 aliphatic rings. The number of nitrogens with one attached hydrogen (secondary N) is 1. The summed E-state index contributed by atoms with van der Waals surface area (Å²) in [6.45, 7) is 2.78. The zero-order valence-electron chi connectivity index (χ0n) is 23.9. The molecule has 2 aromatic rings. The lowest BCUT2D eigenvalue weighted by atomic mass is 9.47. The van der Waals surface area contributed by atoms with Crippen LogP contribution in [0.25, 0.3) is 5.76 Å². The Balaban J connectivity index is 1.75. The number of nitrogens with zero attached hydrogens (tertiary/aromatic N) is 3. The molecule has 1 saturated carbocycles. The number of aliphatic hydroxyl groups is 2. The summed E-state index contributed by atoms with van der Waals surface area (Å²) in [5, 5.41) is 48.1. The molecule has 3 aliphatic carbocycles. The molecule has 1 fully saturated rings. The summed E-state index contributed by atoms with van der Waals surface area (Å²) in [5.41, 5.74) is 9.82. The first kappa shape index (κ1) is 30.7. The van der Waals surface area contributed by atoms with Crippen molar-refractivity contribution in [2.75, 3.05) is 18.8 Å². The summed E-state index contributed by atoms with van der Waals surface area (Å²) >= 11 is 0. The molecule has 232 valence electrons. The van der Waals surface area contributed by atoms with E-state index in [1.54, 1.807) is 6.07 Å². The number of aliphatic hydroxyl groups excluding tert-OH is 2. The molecule has 1 heterocycles. The summed E-state index contributed by atoms with van der Waals surface area (Å²) in [5.74, 6) is -6.75. The molecular formula is C27H29N7O9S. The maximum atomic E-state index is 14.4. The van der Waals surface area contributed by atoms with Gasteiger partial charge in [0.15, 0.2) is 33.4 Å². The number of nitrogens with two attached hydrogens (primary N) is 3. The minimum absolute atomic E-state index is 0.0182. The second kappa shape index (κ2) is 9.37. The third-order valence-electron chi connectivity index (χ3n) is 8.60. The van der Waals surface area contributed by atoms with Gasteiger partial charge in [0.1, 0.15) is 22.8 Å². The number of phenols is 1. The Kier molecular flexibility index (Phi) is 6.53. The first-order chi connectivity index (χ1) is 20.3. The number of ketones is 2. The largest absolute Gasteiger partial charge is 0.509 e. The first-order valence-corrected chi connectivity index (χ1v) is 14.5. The van der Waals surface area contributed by atoms with Gasteiger partial charge in [-0.15, -0.1) is 0 Å². The number of aryl methyl sites for hydroxylation is 2. The normalized spacial score (nSPS) is 28.4. The van der Waals surface area contributed by atoms with E-state index in [9.17, 15) is 43.4 Å². The Hall–Kier alpha value is -4.76. The molecule has 10 N–H and O–H groups in total. The minimum atomic E-state index is -4.36. The summed E-state index contributed by atoms with van der Waals surface area (Å²) in [6, 6.07) is 2.73. The molecule has 4 atom stereocenters. The molecule has 0 radical (unpaired) electrons. The Bertz CT molecular complexity index is 1900. The minimum Gasteiger partial charge on any atom is -0.509 e. The number of anilines is 1. The number of aromatic hydroxyl groups is 1. The quantitative estimate of drug-likeness (QED) is 0.160. The average Bonchev–Trinajstić information content (AvgIpc) is 3.23. The van der Waals surface area contributed by atoms with Gasteiger partial charge < -0.3 is 37.0 Å². The van der Waals surface area contributed by atoms with Gasteiger partial charge in [-0.3, -0.25) is 24.0 Å². The lowest BCUT2D eigenvalue weighted by Gasteiger charge is -2.58. The number of hydrogen-bond donors (Lipinski definition) is 7. The van der Waals surface area contributed by atoms with E-state index in [2.05, 4.69) is 9.88 Å². The van der Waals surface area contributed by atoms with E-state index >= 15 is 0 Å². The molecule has 0 aliphatic heterocycles. The highest BCUT2D eigenvalue weighted by atomic mass is 32.2. The summed E-state index contributed by atoms with van der Waals surface area (Å²) in [4.78, 5) is 41.1. The molecule has 44 heavy (non-hydrogen) atoms. The topological polar surface area (TPSA) is 289 Å². The van der Waals surface area contributed by atoms with Crippen LogP contribution in [0.4, 0.5) is 5.69 Å². The van der Waals surface area contributed by atoms with Crippen LogP contribution in [-0.4, -0.2) is 82.5 Å². The monoisotopic (exact) mass is 627 g/mol. The van der Waals surface area contributed by atoms with Crippen LogP contribution < -0.4 is 21.9 Å². The number of fused-ring (bicyclic) bond motifs is 3. The average molecular weight is 628 g/mol. The maximum absolute atomic E-state index is 14.4. The van der Waals surface area contributed by atoms with Crippen LogP contribution in [0.5, 0.6) is 5.75 Å². The molecule has 1 amide bonds. The van der Waals surface area contributed by atoms with Gasteiger partial charge in [0.2, 0.25) is 0 Å². The van der Waals surface area contributed by atoms with Crippen molar-refractivity contribution in [3.8, 4) is 11.8 Å². The third kappa shape index (κ3) is 3.68. The smallest absolute Gasteiger partial charge is 0.267 e. The van der Waals surface area contributed by atoms with Gasteiger partial charge in [-0.1, -0.05) is 11.2 Å². The van der Waals surface area contributed by atoms with Crippen molar-refractivity contribution < 1.29 is 42.6 Å². The van der Waals surface area contributed by atoms with Gasteiger partial charge in [0, 0.05) is 0 Å². The highest BCUT2D eigenvalue weighted by Crippen LogP contribution is 2.58.